The number of rotatable bonds is 4. The first-order chi connectivity index (χ1) is 10.6. The van der Waals surface area contributed by atoms with Crippen LogP contribution in [0.3, 0.4) is 0 Å². The van der Waals surface area contributed by atoms with Crippen molar-refractivity contribution in [2.24, 2.45) is 5.10 Å². The van der Waals surface area contributed by atoms with E-state index in [1.807, 2.05) is 30.3 Å². The first-order valence-electron chi connectivity index (χ1n) is 7.10. The molecule has 1 aliphatic heterocycles. The van der Waals surface area contributed by atoms with E-state index in [4.69, 9.17) is 5.11 Å². The summed E-state index contributed by atoms with van der Waals surface area (Å²) in [5, 5.41) is 15.3. The number of benzene rings is 1. The maximum absolute atomic E-state index is 12.1. The Hall–Kier alpha value is -2.76. The van der Waals surface area contributed by atoms with Gasteiger partial charge in [0.1, 0.15) is 0 Å². The molecule has 1 aromatic heterocycles. The third kappa shape index (κ3) is 2.95. The van der Waals surface area contributed by atoms with E-state index >= 15 is 0 Å². The lowest BCUT2D eigenvalue weighted by atomic mass is 10.1. The number of hydrogen-bond donors (Lipinski definition) is 1. The third-order valence-corrected chi connectivity index (χ3v) is 3.53. The molecular formula is C16H15N3O3. The number of carboxylic acid groups (broad SMARTS) is 1. The fraction of sp³-hybridized carbons (Fsp3) is 0.250. The molecule has 6 heteroatoms. The Morgan fingerprint density at radius 3 is 2.82 bits per heavy atom. The number of nitrogens with zero attached hydrogens (tertiary/aromatic N) is 3. The molecule has 1 aromatic carbocycles. The van der Waals surface area contributed by atoms with E-state index in [-0.39, 0.29) is 12.3 Å². The van der Waals surface area contributed by atoms with E-state index in [1.54, 1.807) is 6.07 Å². The van der Waals surface area contributed by atoms with Gasteiger partial charge in [-0.25, -0.2) is 4.98 Å². The number of carbonyl (C=O) groups excluding carboxylic acids is 1. The van der Waals surface area contributed by atoms with E-state index in [0.717, 1.165) is 16.6 Å². The zero-order valence-corrected chi connectivity index (χ0v) is 11.9. The van der Waals surface area contributed by atoms with Crippen molar-refractivity contribution in [3.63, 3.8) is 0 Å². The minimum atomic E-state index is -0.866. The van der Waals surface area contributed by atoms with E-state index in [1.165, 1.54) is 5.01 Å². The van der Waals surface area contributed by atoms with Gasteiger partial charge >= 0.3 is 5.97 Å². The highest BCUT2D eigenvalue weighted by Crippen LogP contribution is 2.22. The van der Waals surface area contributed by atoms with Crippen LogP contribution in [0.4, 0.5) is 5.82 Å². The zero-order valence-electron chi connectivity index (χ0n) is 11.9. The van der Waals surface area contributed by atoms with Crippen molar-refractivity contribution >= 4 is 34.3 Å². The molecule has 0 atom stereocenters. The number of aliphatic carboxylic acids is 1. The minimum absolute atomic E-state index is 0.0199. The molecule has 1 N–H and O–H groups in total. The van der Waals surface area contributed by atoms with Gasteiger partial charge < -0.3 is 5.11 Å². The molecule has 2 heterocycles. The van der Waals surface area contributed by atoms with E-state index < -0.39 is 5.97 Å². The molecule has 1 amide bonds. The van der Waals surface area contributed by atoms with Crippen molar-refractivity contribution < 1.29 is 14.7 Å². The highest BCUT2D eigenvalue weighted by atomic mass is 16.4. The van der Waals surface area contributed by atoms with Gasteiger partial charge in [-0.05, 0) is 31.0 Å². The number of amides is 1. The highest BCUT2D eigenvalue weighted by Gasteiger charge is 2.23. The van der Waals surface area contributed by atoms with Crippen molar-refractivity contribution in [3.05, 3.63) is 36.4 Å². The Morgan fingerprint density at radius 1 is 1.18 bits per heavy atom. The second-order valence-corrected chi connectivity index (χ2v) is 5.13. The largest absolute Gasteiger partial charge is 0.481 e. The average Bonchev–Trinajstić information content (AvgIpc) is 2.53. The minimum Gasteiger partial charge on any atom is -0.481 e. The van der Waals surface area contributed by atoms with Crippen LogP contribution >= 0.6 is 0 Å². The summed E-state index contributed by atoms with van der Waals surface area (Å²) in [6.45, 7) is 0. The number of carboxylic acids is 1. The summed E-state index contributed by atoms with van der Waals surface area (Å²) in [5.74, 6) is -0.520. The van der Waals surface area contributed by atoms with Gasteiger partial charge in [-0.15, -0.1) is 0 Å². The fourth-order valence-corrected chi connectivity index (χ4v) is 2.38. The normalized spacial score (nSPS) is 15.0. The van der Waals surface area contributed by atoms with Crippen LogP contribution in [-0.2, 0) is 9.59 Å². The molecule has 0 bridgehead atoms. The molecule has 1 aliphatic rings. The fourth-order valence-electron chi connectivity index (χ4n) is 2.38. The summed E-state index contributed by atoms with van der Waals surface area (Å²) in [4.78, 5) is 27.2. The lowest BCUT2D eigenvalue weighted by Crippen LogP contribution is -2.32. The molecule has 0 aliphatic carbocycles. The quantitative estimate of drug-likeness (QED) is 0.940. The Kier molecular flexibility index (Phi) is 3.82. The monoisotopic (exact) mass is 297 g/mol. The van der Waals surface area contributed by atoms with Crippen molar-refractivity contribution in [1.29, 1.82) is 0 Å². The van der Waals surface area contributed by atoms with Crippen LogP contribution < -0.4 is 5.01 Å². The van der Waals surface area contributed by atoms with Crippen LogP contribution in [0.2, 0.25) is 0 Å². The number of pyridine rings is 1. The molecule has 0 unspecified atom stereocenters. The Morgan fingerprint density at radius 2 is 2.00 bits per heavy atom. The molecular weight excluding hydrogens is 282 g/mol. The standard InChI is InChI=1S/C16H15N3O3/c20-15-9-6-12(7-10-16(21)22)18-19(15)14-8-5-11-3-1-2-4-13(11)17-14/h1-5,8H,6-7,9-10H2,(H,21,22). The summed E-state index contributed by atoms with van der Waals surface area (Å²) in [7, 11) is 0. The van der Waals surface area contributed by atoms with Crippen LogP contribution in [0.15, 0.2) is 41.5 Å². The first-order valence-corrected chi connectivity index (χ1v) is 7.10. The summed E-state index contributed by atoms with van der Waals surface area (Å²) in [6.07, 6.45) is 1.21. The Bertz CT molecular complexity index is 770. The molecule has 0 fully saturated rings. The van der Waals surface area contributed by atoms with Gasteiger partial charge in [0, 0.05) is 17.5 Å². The van der Waals surface area contributed by atoms with E-state index in [2.05, 4.69) is 10.1 Å². The highest BCUT2D eigenvalue weighted by molar-refractivity contribution is 6.02. The number of hydrazone groups is 1. The van der Waals surface area contributed by atoms with E-state index in [9.17, 15) is 9.59 Å². The molecule has 0 spiro atoms. The van der Waals surface area contributed by atoms with Gasteiger partial charge in [0.2, 0.25) is 5.91 Å². The number of hydrogen-bond acceptors (Lipinski definition) is 4. The molecule has 0 saturated heterocycles. The number of aromatic nitrogens is 1. The van der Waals surface area contributed by atoms with Gasteiger partial charge in [0.05, 0.1) is 11.9 Å². The Balaban J connectivity index is 1.90. The molecule has 112 valence electrons. The van der Waals surface area contributed by atoms with Crippen LogP contribution in [0.1, 0.15) is 25.7 Å². The molecule has 0 saturated carbocycles. The Labute approximate surface area is 127 Å². The lowest BCUT2D eigenvalue weighted by molar-refractivity contribution is -0.136. The van der Waals surface area contributed by atoms with Crippen LogP contribution in [-0.4, -0.2) is 27.7 Å². The van der Waals surface area contributed by atoms with Crippen LogP contribution in [0.25, 0.3) is 10.9 Å². The predicted molar refractivity (Wildman–Crippen MR) is 82.8 cm³/mol. The van der Waals surface area contributed by atoms with Crippen LogP contribution in [0, 0.1) is 0 Å². The molecule has 22 heavy (non-hydrogen) atoms. The second-order valence-electron chi connectivity index (χ2n) is 5.13. The number of para-hydroxylation sites is 1. The summed E-state index contributed by atoms with van der Waals surface area (Å²) >= 11 is 0. The molecule has 0 radical (unpaired) electrons. The van der Waals surface area contributed by atoms with E-state index in [0.29, 0.717) is 25.1 Å². The SMILES string of the molecule is O=C(O)CCC1=NN(c2ccc3ccccc3n2)C(=O)CC1. The number of carbonyl (C=O) groups is 2. The third-order valence-electron chi connectivity index (χ3n) is 3.53. The lowest BCUT2D eigenvalue weighted by Gasteiger charge is -2.22. The van der Waals surface area contributed by atoms with Crippen molar-refractivity contribution in [2.75, 3.05) is 5.01 Å². The molecule has 3 rings (SSSR count). The number of fused-ring (bicyclic) bond motifs is 1. The summed E-state index contributed by atoms with van der Waals surface area (Å²) in [5.41, 5.74) is 1.51. The zero-order chi connectivity index (χ0) is 15.5. The average molecular weight is 297 g/mol. The maximum Gasteiger partial charge on any atom is 0.303 e. The van der Waals surface area contributed by atoms with Gasteiger partial charge in [-0.3, -0.25) is 9.59 Å². The smallest absolute Gasteiger partial charge is 0.303 e. The summed E-state index contributed by atoms with van der Waals surface area (Å²) in [6, 6.07) is 11.3. The van der Waals surface area contributed by atoms with Crippen molar-refractivity contribution in [2.45, 2.75) is 25.7 Å². The van der Waals surface area contributed by atoms with Crippen LogP contribution in [0.5, 0.6) is 0 Å². The molecule has 2 aromatic rings. The topological polar surface area (TPSA) is 82.9 Å². The van der Waals surface area contributed by atoms with Gasteiger partial charge in [0.25, 0.3) is 0 Å². The number of anilines is 1. The van der Waals surface area contributed by atoms with Gasteiger partial charge in [-0.2, -0.15) is 10.1 Å². The maximum atomic E-state index is 12.1. The van der Waals surface area contributed by atoms with Crippen molar-refractivity contribution in [1.82, 2.24) is 4.98 Å². The summed E-state index contributed by atoms with van der Waals surface area (Å²) < 4.78 is 0. The first kappa shape index (κ1) is 14.2. The van der Waals surface area contributed by atoms with Gasteiger partial charge in [0.15, 0.2) is 5.82 Å². The molecule has 6 nitrogen and oxygen atoms in total. The van der Waals surface area contributed by atoms with Crippen molar-refractivity contribution in [3.8, 4) is 0 Å². The predicted octanol–water partition coefficient (Wildman–Crippen LogP) is 2.58. The van der Waals surface area contributed by atoms with Gasteiger partial charge in [-0.1, -0.05) is 18.2 Å². The second kappa shape index (κ2) is 5.93.